The van der Waals surface area contributed by atoms with E-state index in [4.69, 9.17) is 14.2 Å². The predicted octanol–water partition coefficient (Wildman–Crippen LogP) is 4.90. The van der Waals surface area contributed by atoms with Gasteiger partial charge >= 0.3 is 0 Å². The van der Waals surface area contributed by atoms with Crippen molar-refractivity contribution < 1.29 is 19.3 Å². The van der Waals surface area contributed by atoms with Gasteiger partial charge < -0.3 is 19.3 Å². The fraction of sp³-hybridized carbons (Fsp3) is 0.333. The van der Waals surface area contributed by atoms with E-state index in [1.165, 1.54) is 0 Å². The molecule has 1 N–H and O–H groups in total. The van der Waals surface area contributed by atoms with Gasteiger partial charge in [-0.1, -0.05) is 91.0 Å². The molecule has 3 aromatic carbocycles. The number of hydrogen-bond acceptors (Lipinski definition) is 4. The summed E-state index contributed by atoms with van der Waals surface area (Å²) < 4.78 is 18.4. The van der Waals surface area contributed by atoms with Crippen LogP contribution in [0.3, 0.4) is 0 Å². The maximum absolute atomic E-state index is 11.3. The second-order valence-corrected chi connectivity index (χ2v) is 8.74. The first-order chi connectivity index (χ1) is 14.8. The summed E-state index contributed by atoms with van der Waals surface area (Å²) in [5.74, 6) is -0.718. The van der Waals surface area contributed by atoms with Gasteiger partial charge in [0.25, 0.3) is 0 Å². The van der Waals surface area contributed by atoms with E-state index in [9.17, 15) is 5.11 Å². The van der Waals surface area contributed by atoms with Crippen LogP contribution in [0.4, 0.5) is 0 Å². The Morgan fingerprint density at radius 1 is 0.839 bits per heavy atom. The minimum Gasteiger partial charge on any atom is -0.385 e. The molecular formula is C27H30O4. The van der Waals surface area contributed by atoms with Crippen LogP contribution >= 0.6 is 0 Å². The van der Waals surface area contributed by atoms with Gasteiger partial charge in [-0.25, -0.2) is 0 Å². The predicted molar refractivity (Wildman–Crippen MR) is 121 cm³/mol. The maximum Gasteiger partial charge on any atom is 0.163 e. The number of rotatable bonds is 7. The van der Waals surface area contributed by atoms with Crippen molar-refractivity contribution in [3.8, 4) is 0 Å². The molecule has 3 aromatic rings. The molecule has 0 aromatic heterocycles. The van der Waals surface area contributed by atoms with Gasteiger partial charge in [-0.3, -0.25) is 0 Å². The van der Waals surface area contributed by atoms with Gasteiger partial charge in [-0.05, 0) is 37.5 Å². The first kappa shape index (κ1) is 21.7. The molecule has 31 heavy (non-hydrogen) atoms. The van der Waals surface area contributed by atoms with Crippen molar-refractivity contribution >= 4 is 0 Å². The van der Waals surface area contributed by atoms with E-state index in [0.29, 0.717) is 6.61 Å². The number of ether oxygens (including phenoxy) is 3. The minimum absolute atomic E-state index is 0.0653. The second kappa shape index (κ2) is 8.56. The Labute approximate surface area is 184 Å². The van der Waals surface area contributed by atoms with Crippen molar-refractivity contribution in [2.24, 2.45) is 0 Å². The molecule has 2 atom stereocenters. The third-order valence-corrected chi connectivity index (χ3v) is 5.82. The van der Waals surface area contributed by atoms with Crippen LogP contribution in [0.5, 0.6) is 0 Å². The molecule has 1 aliphatic heterocycles. The first-order valence-electron chi connectivity index (χ1n) is 10.7. The lowest BCUT2D eigenvalue weighted by Gasteiger charge is -2.39. The molecule has 1 saturated heterocycles. The van der Waals surface area contributed by atoms with Crippen LogP contribution in [0.1, 0.15) is 37.5 Å². The van der Waals surface area contributed by atoms with E-state index < -0.39 is 23.1 Å². The lowest BCUT2D eigenvalue weighted by molar-refractivity contribution is -0.184. The second-order valence-electron chi connectivity index (χ2n) is 8.74. The highest BCUT2D eigenvalue weighted by atomic mass is 16.7. The van der Waals surface area contributed by atoms with E-state index in [1.54, 1.807) is 6.92 Å². The van der Waals surface area contributed by atoms with Gasteiger partial charge in [0.05, 0.1) is 13.2 Å². The summed E-state index contributed by atoms with van der Waals surface area (Å²) in [5, 5.41) is 11.3. The molecule has 4 rings (SSSR count). The van der Waals surface area contributed by atoms with Gasteiger partial charge in [0, 0.05) is 0 Å². The Kier molecular flexibility index (Phi) is 6.00. The molecule has 4 nitrogen and oxygen atoms in total. The molecule has 1 fully saturated rings. The van der Waals surface area contributed by atoms with E-state index in [1.807, 2.05) is 68.4 Å². The zero-order valence-electron chi connectivity index (χ0n) is 18.3. The smallest absolute Gasteiger partial charge is 0.163 e. The Bertz CT molecular complexity index is 871. The molecule has 0 spiro atoms. The van der Waals surface area contributed by atoms with Crippen LogP contribution in [0.2, 0.25) is 0 Å². The first-order valence-corrected chi connectivity index (χ1v) is 10.7. The van der Waals surface area contributed by atoms with Gasteiger partial charge in [0.2, 0.25) is 0 Å². The van der Waals surface area contributed by atoms with Crippen LogP contribution < -0.4 is 0 Å². The normalized spacial score (nSPS) is 20.3. The quantitative estimate of drug-likeness (QED) is 0.555. The van der Waals surface area contributed by atoms with Crippen molar-refractivity contribution in [1.82, 2.24) is 0 Å². The molecule has 1 aliphatic rings. The fourth-order valence-electron chi connectivity index (χ4n) is 4.11. The molecule has 0 bridgehead atoms. The van der Waals surface area contributed by atoms with Gasteiger partial charge in [-0.15, -0.1) is 0 Å². The van der Waals surface area contributed by atoms with E-state index in [0.717, 1.165) is 16.7 Å². The highest BCUT2D eigenvalue weighted by Crippen LogP contribution is 2.41. The summed E-state index contributed by atoms with van der Waals surface area (Å²) in [5.41, 5.74) is 0.853. The average molecular weight is 419 g/mol. The Hall–Kier alpha value is -2.50. The summed E-state index contributed by atoms with van der Waals surface area (Å²) in [6, 6.07) is 30.4. The molecule has 0 aliphatic carbocycles. The maximum atomic E-state index is 11.3. The molecule has 1 heterocycles. The van der Waals surface area contributed by atoms with E-state index in [-0.39, 0.29) is 6.61 Å². The Balaban J connectivity index is 1.77. The fourth-order valence-corrected chi connectivity index (χ4v) is 4.11. The monoisotopic (exact) mass is 418 g/mol. The SMILES string of the molecule is CC1(C)OC[C@@H]([C@](C)(O)COC(c2ccccc2)(c2ccccc2)c2ccccc2)O1. The molecule has 0 radical (unpaired) electrons. The molecule has 162 valence electrons. The summed E-state index contributed by atoms with van der Waals surface area (Å²) in [4.78, 5) is 0. The van der Waals surface area contributed by atoms with Crippen LogP contribution in [-0.2, 0) is 19.8 Å². The molecular weight excluding hydrogens is 388 g/mol. The highest BCUT2D eigenvalue weighted by molar-refractivity contribution is 5.47. The Morgan fingerprint density at radius 3 is 1.61 bits per heavy atom. The molecule has 0 saturated carbocycles. The molecule has 4 heteroatoms. The lowest BCUT2D eigenvalue weighted by atomic mass is 9.80. The largest absolute Gasteiger partial charge is 0.385 e. The summed E-state index contributed by atoms with van der Waals surface area (Å²) in [6.07, 6.45) is -0.484. The van der Waals surface area contributed by atoms with Crippen LogP contribution in [0.15, 0.2) is 91.0 Å². The summed E-state index contributed by atoms with van der Waals surface area (Å²) in [7, 11) is 0. The van der Waals surface area contributed by atoms with Crippen molar-refractivity contribution in [3.05, 3.63) is 108 Å². The van der Waals surface area contributed by atoms with Crippen LogP contribution in [0.25, 0.3) is 0 Å². The van der Waals surface area contributed by atoms with E-state index >= 15 is 0 Å². The third-order valence-electron chi connectivity index (χ3n) is 5.82. The summed E-state index contributed by atoms with van der Waals surface area (Å²) >= 11 is 0. The standard InChI is InChI=1S/C27H30O4/c1-25(2)29-19-24(31-25)26(3,28)20-30-27(21-13-7-4-8-14-21,22-15-9-5-10-16-22)23-17-11-6-12-18-23/h4-18,24,28H,19-20H2,1-3H3/t24-,26+/m0/s1. The van der Waals surface area contributed by atoms with Gasteiger partial charge in [-0.2, -0.15) is 0 Å². The van der Waals surface area contributed by atoms with Crippen molar-refractivity contribution in [1.29, 1.82) is 0 Å². The van der Waals surface area contributed by atoms with Gasteiger partial charge in [0.15, 0.2) is 5.79 Å². The molecule has 0 amide bonds. The average Bonchev–Trinajstić information content (AvgIpc) is 3.17. The third kappa shape index (κ3) is 4.43. The minimum atomic E-state index is -1.24. The van der Waals surface area contributed by atoms with Gasteiger partial charge in [0.1, 0.15) is 17.3 Å². The van der Waals surface area contributed by atoms with E-state index in [2.05, 4.69) is 36.4 Å². The Morgan fingerprint density at radius 2 is 1.26 bits per heavy atom. The zero-order valence-corrected chi connectivity index (χ0v) is 18.3. The summed E-state index contributed by atoms with van der Waals surface area (Å²) in [6.45, 7) is 5.83. The topological polar surface area (TPSA) is 47.9 Å². The number of aliphatic hydroxyl groups is 1. The van der Waals surface area contributed by atoms with Crippen LogP contribution in [-0.4, -0.2) is 35.8 Å². The van der Waals surface area contributed by atoms with Crippen molar-refractivity contribution in [3.63, 3.8) is 0 Å². The van der Waals surface area contributed by atoms with Crippen LogP contribution in [0, 0.1) is 0 Å². The zero-order chi connectivity index (χ0) is 22.0. The van der Waals surface area contributed by atoms with Crippen molar-refractivity contribution in [2.75, 3.05) is 13.2 Å². The number of hydrogen-bond donors (Lipinski definition) is 1. The number of benzene rings is 3. The van der Waals surface area contributed by atoms with Crippen molar-refractivity contribution in [2.45, 2.75) is 43.9 Å². The highest BCUT2D eigenvalue weighted by Gasteiger charge is 2.46. The lowest BCUT2D eigenvalue weighted by Crippen LogP contribution is -2.48. The molecule has 0 unspecified atom stereocenters.